The summed E-state index contributed by atoms with van der Waals surface area (Å²) in [6, 6.07) is 13.5. The number of carbonyl (C=O) groups is 1. The van der Waals surface area contributed by atoms with Gasteiger partial charge in [0, 0.05) is 16.1 Å². The number of benzene rings is 2. The molecular weight excluding hydrogens is 396 g/mol. The minimum atomic E-state index is -1.06. The number of aromatic carboxylic acids is 1. The molecule has 0 bridgehead atoms. The second-order valence-electron chi connectivity index (χ2n) is 5.89. The number of aromatic nitrogens is 4. The van der Waals surface area contributed by atoms with E-state index in [4.69, 9.17) is 22.1 Å². The molecule has 0 saturated heterocycles. The summed E-state index contributed by atoms with van der Waals surface area (Å²) in [5.74, 6) is -0.601. The van der Waals surface area contributed by atoms with Crippen LogP contribution in [0, 0.1) is 0 Å². The summed E-state index contributed by atoms with van der Waals surface area (Å²) in [5, 5.41) is 13.4. The van der Waals surface area contributed by atoms with E-state index in [0.717, 1.165) is 0 Å². The second-order valence-corrected chi connectivity index (χ2v) is 6.33. The molecule has 2 aromatic carbocycles. The summed E-state index contributed by atoms with van der Waals surface area (Å²) in [6.45, 7) is 0. The second kappa shape index (κ2) is 7.56. The number of fused-ring (bicyclic) bond motifs is 1. The summed E-state index contributed by atoms with van der Waals surface area (Å²) >= 11 is 5.97. The van der Waals surface area contributed by atoms with Gasteiger partial charge in [-0.2, -0.15) is 15.0 Å². The lowest BCUT2D eigenvalue weighted by molar-refractivity contribution is 0.0699. The lowest BCUT2D eigenvalue weighted by Gasteiger charge is -2.09. The Bertz CT molecular complexity index is 1230. The van der Waals surface area contributed by atoms with Gasteiger partial charge < -0.3 is 20.9 Å². The molecule has 29 heavy (non-hydrogen) atoms. The van der Waals surface area contributed by atoms with Crippen molar-refractivity contribution in [2.24, 2.45) is 0 Å². The number of nitrogens with zero attached hydrogens (tertiary/aromatic N) is 4. The maximum Gasteiger partial charge on any atom is 0.337 e. The fraction of sp³-hybridized carbons (Fsp3) is 0. The van der Waals surface area contributed by atoms with E-state index in [1.54, 1.807) is 42.5 Å². The molecule has 0 saturated carbocycles. The van der Waals surface area contributed by atoms with Gasteiger partial charge >= 0.3 is 12.0 Å². The van der Waals surface area contributed by atoms with Crippen molar-refractivity contribution in [2.75, 3.05) is 11.1 Å². The SMILES string of the molecule is Nc1nc(Nc2cccc(Cl)c2)nc(Oc2cnc3c(C(=O)O)cccc3c2)n1. The predicted molar refractivity (Wildman–Crippen MR) is 108 cm³/mol. The molecule has 4 aromatic rings. The van der Waals surface area contributed by atoms with Crippen molar-refractivity contribution in [2.45, 2.75) is 0 Å². The molecule has 4 N–H and O–H groups in total. The van der Waals surface area contributed by atoms with Crippen molar-refractivity contribution >= 4 is 46.1 Å². The van der Waals surface area contributed by atoms with Crippen LogP contribution in [0.1, 0.15) is 10.4 Å². The van der Waals surface area contributed by atoms with Crippen LogP contribution in [0.25, 0.3) is 10.9 Å². The highest BCUT2D eigenvalue weighted by atomic mass is 35.5. The first-order valence-electron chi connectivity index (χ1n) is 8.32. The fourth-order valence-corrected chi connectivity index (χ4v) is 2.83. The van der Waals surface area contributed by atoms with Crippen molar-refractivity contribution in [3.63, 3.8) is 0 Å². The van der Waals surface area contributed by atoms with Gasteiger partial charge in [-0.3, -0.25) is 4.98 Å². The minimum Gasteiger partial charge on any atom is -0.478 e. The van der Waals surface area contributed by atoms with Crippen LogP contribution in [0.4, 0.5) is 17.6 Å². The van der Waals surface area contributed by atoms with Crippen molar-refractivity contribution in [3.05, 3.63) is 65.3 Å². The molecule has 10 heteroatoms. The maximum absolute atomic E-state index is 11.3. The molecule has 0 unspecified atom stereocenters. The zero-order valence-electron chi connectivity index (χ0n) is 14.7. The summed E-state index contributed by atoms with van der Waals surface area (Å²) in [7, 11) is 0. The van der Waals surface area contributed by atoms with Crippen LogP contribution in [0.3, 0.4) is 0 Å². The average molecular weight is 409 g/mol. The van der Waals surface area contributed by atoms with E-state index in [-0.39, 0.29) is 23.5 Å². The number of rotatable bonds is 5. The number of para-hydroxylation sites is 1. The summed E-state index contributed by atoms with van der Waals surface area (Å²) in [4.78, 5) is 27.7. The van der Waals surface area contributed by atoms with Crippen molar-refractivity contribution in [1.29, 1.82) is 0 Å². The number of carboxylic acid groups (broad SMARTS) is 1. The Morgan fingerprint density at radius 1 is 1.10 bits per heavy atom. The highest BCUT2D eigenvalue weighted by molar-refractivity contribution is 6.30. The first-order valence-corrected chi connectivity index (χ1v) is 8.70. The van der Waals surface area contributed by atoms with Gasteiger partial charge in [-0.05, 0) is 30.3 Å². The van der Waals surface area contributed by atoms with Crippen LogP contribution in [-0.2, 0) is 0 Å². The fourth-order valence-electron chi connectivity index (χ4n) is 2.64. The Hall–Kier alpha value is -3.98. The van der Waals surface area contributed by atoms with Gasteiger partial charge in [0.05, 0.1) is 17.3 Å². The lowest BCUT2D eigenvalue weighted by Crippen LogP contribution is -2.05. The lowest BCUT2D eigenvalue weighted by atomic mass is 10.1. The third kappa shape index (κ3) is 4.14. The van der Waals surface area contributed by atoms with Crippen LogP contribution in [-0.4, -0.2) is 31.0 Å². The Morgan fingerprint density at radius 2 is 1.93 bits per heavy atom. The number of nitrogens with two attached hydrogens (primary N) is 1. The first kappa shape index (κ1) is 18.4. The number of pyridine rings is 1. The van der Waals surface area contributed by atoms with Crippen LogP contribution in [0.15, 0.2) is 54.7 Å². The molecule has 0 fully saturated rings. The summed E-state index contributed by atoms with van der Waals surface area (Å²) in [6.07, 6.45) is 1.39. The Kier molecular flexibility index (Phi) is 4.80. The molecule has 0 atom stereocenters. The van der Waals surface area contributed by atoms with Crippen molar-refractivity contribution < 1.29 is 14.6 Å². The van der Waals surface area contributed by atoms with Crippen LogP contribution in [0.5, 0.6) is 11.8 Å². The number of hydrogen-bond donors (Lipinski definition) is 3. The highest BCUT2D eigenvalue weighted by Gasteiger charge is 2.12. The molecule has 2 aromatic heterocycles. The monoisotopic (exact) mass is 408 g/mol. The van der Waals surface area contributed by atoms with E-state index in [1.807, 2.05) is 0 Å². The topological polar surface area (TPSA) is 136 Å². The van der Waals surface area contributed by atoms with Gasteiger partial charge in [-0.25, -0.2) is 4.79 Å². The van der Waals surface area contributed by atoms with E-state index >= 15 is 0 Å². The number of nitrogen functional groups attached to an aromatic ring is 1. The zero-order valence-corrected chi connectivity index (χ0v) is 15.5. The average Bonchev–Trinajstić information content (AvgIpc) is 2.66. The quantitative estimate of drug-likeness (QED) is 0.449. The highest BCUT2D eigenvalue weighted by Crippen LogP contribution is 2.25. The van der Waals surface area contributed by atoms with Gasteiger partial charge in [-0.15, -0.1) is 0 Å². The molecule has 0 aliphatic rings. The number of nitrogens with one attached hydrogen (secondary N) is 1. The number of carboxylic acids is 1. The van der Waals surface area contributed by atoms with Gasteiger partial charge in [0.2, 0.25) is 11.9 Å². The van der Waals surface area contributed by atoms with Crippen LogP contribution < -0.4 is 15.8 Å². The molecule has 9 nitrogen and oxygen atoms in total. The molecule has 0 spiro atoms. The summed E-state index contributed by atoms with van der Waals surface area (Å²) < 4.78 is 5.65. The van der Waals surface area contributed by atoms with Crippen LogP contribution in [0.2, 0.25) is 5.02 Å². The van der Waals surface area contributed by atoms with Gasteiger partial charge in [0.15, 0.2) is 0 Å². The van der Waals surface area contributed by atoms with E-state index in [9.17, 15) is 9.90 Å². The molecule has 0 aliphatic carbocycles. The molecule has 2 heterocycles. The molecule has 0 aliphatic heterocycles. The number of halogens is 1. The number of hydrogen-bond acceptors (Lipinski definition) is 8. The Morgan fingerprint density at radius 3 is 2.72 bits per heavy atom. The normalized spacial score (nSPS) is 10.7. The zero-order chi connectivity index (χ0) is 20.4. The third-order valence-electron chi connectivity index (χ3n) is 3.84. The van der Waals surface area contributed by atoms with Crippen molar-refractivity contribution in [3.8, 4) is 11.8 Å². The summed E-state index contributed by atoms with van der Waals surface area (Å²) in [5.41, 5.74) is 6.88. The largest absolute Gasteiger partial charge is 0.478 e. The van der Waals surface area contributed by atoms with E-state index in [1.165, 1.54) is 12.3 Å². The van der Waals surface area contributed by atoms with Crippen LogP contribution >= 0.6 is 11.6 Å². The molecule has 4 rings (SSSR count). The van der Waals surface area contributed by atoms with Crippen molar-refractivity contribution in [1.82, 2.24) is 19.9 Å². The Labute approximate surface area is 169 Å². The van der Waals surface area contributed by atoms with Gasteiger partial charge in [0.1, 0.15) is 5.75 Å². The maximum atomic E-state index is 11.3. The van der Waals surface area contributed by atoms with E-state index in [2.05, 4.69) is 25.3 Å². The van der Waals surface area contributed by atoms with Gasteiger partial charge in [0.25, 0.3) is 0 Å². The van der Waals surface area contributed by atoms with E-state index < -0.39 is 5.97 Å². The third-order valence-corrected chi connectivity index (χ3v) is 4.07. The standard InChI is InChI=1S/C19H13ClN6O3/c20-11-4-2-5-12(8-11)23-18-24-17(21)25-19(26-18)29-13-7-10-3-1-6-14(16(27)28)15(10)22-9-13/h1-9H,(H,27,28)(H3,21,23,24,25,26). The smallest absolute Gasteiger partial charge is 0.337 e. The van der Waals surface area contributed by atoms with Gasteiger partial charge in [-0.1, -0.05) is 29.8 Å². The Balaban J connectivity index is 1.62. The molecular formula is C19H13ClN6O3. The molecule has 144 valence electrons. The van der Waals surface area contributed by atoms with E-state index in [0.29, 0.717) is 27.4 Å². The first-order chi connectivity index (χ1) is 14.0. The molecule has 0 radical (unpaired) electrons. The number of ether oxygens (including phenoxy) is 1. The number of anilines is 3. The minimum absolute atomic E-state index is 0.0403. The molecule has 0 amide bonds. The predicted octanol–water partition coefficient (Wildman–Crippen LogP) is 3.89.